The Hall–Kier alpha value is -2.30. The minimum absolute atomic E-state index is 0.379. The van der Waals surface area contributed by atoms with Gasteiger partial charge in [-0.05, 0) is 17.7 Å². The maximum atomic E-state index is 11.3. The van der Waals surface area contributed by atoms with E-state index in [4.69, 9.17) is 4.74 Å². The highest BCUT2D eigenvalue weighted by Crippen LogP contribution is 2.12. The Bertz CT molecular complexity index is 531. The molecule has 1 aromatic carbocycles. The molecule has 2 aromatic rings. The van der Waals surface area contributed by atoms with Crippen molar-refractivity contribution in [3.8, 4) is 5.75 Å². The van der Waals surface area contributed by atoms with Gasteiger partial charge in [0, 0.05) is 6.20 Å². The molecule has 0 bridgehead atoms. The maximum Gasteiger partial charge on any atom is 0.341 e. The Labute approximate surface area is 105 Å². The standard InChI is InChI=1S/C13H14N2O3/c1-17-12-5-3-10(4-6-12)8-15-9-11(7-14-15)13(16)18-2/h3-7,9H,8H2,1-2H3. The topological polar surface area (TPSA) is 53.3 Å². The Morgan fingerprint density at radius 3 is 2.61 bits per heavy atom. The number of nitrogens with zero attached hydrogens (tertiary/aromatic N) is 2. The van der Waals surface area contributed by atoms with Crippen LogP contribution in [-0.4, -0.2) is 30.0 Å². The number of methoxy groups -OCH3 is 2. The zero-order valence-electron chi connectivity index (χ0n) is 10.3. The lowest BCUT2D eigenvalue weighted by molar-refractivity contribution is 0.0600. The number of carbonyl (C=O) groups excluding carboxylic acids is 1. The van der Waals surface area contributed by atoms with Crippen LogP contribution in [0.25, 0.3) is 0 Å². The number of carbonyl (C=O) groups is 1. The van der Waals surface area contributed by atoms with Gasteiger partial charge < -0.3 is 9.47 Å². The van der Waals surface area contributed by atoms with Crippen LogP contribution in [0.5, 0.6) is 5.75 Å². The summed E-state index contributed by atoms with van der Waals surface area (Å²) in [6, 6.07) is 7.69. The smallest absolute Gasteiger partial charge is 0.341 e. The zero-order chi connectivity index (χ0) is 13.0. The maximum absolute atomic E-state index is 11.3. The van der Waals surface area contributed by atoms with E-state index in [-0.39, 0.29) is 5.97 Å². The van der Waals surface area contributed by atoms with Crippen LogP contribution in [0.15, 0.2) is 36.7 Å². The average Bonchev–Trinajstić information content (AvgIpc) is 2.87. The first-order valence-corrected chi connectivity index (χ1v) is 5.46. The molecule has 0 N–H and O–H groups in total. The molecule has 0 radical (unpaired) electrons. The molecule has 0 saturated heterocycles. The van der Waals surface area contributed by atoms with Gasteiger partial charge in [0.1, 0.15) is 5.75 Å². The molecule has 18 heavy (non-hydrogen) atoms. The quantitative estimate of drug-likeness (QED) is 0.771. The molecule has 0 saturated carbocycles. The fourth-order valence-corrected chi connectivity index (χ4v) is 1.59. The van der Waals surface area contributed by atoms with Gasteiger partial charge >= 0.3 is 5.97 Å². The molecule has 0 amide bonds. The van der Waals surface area contributed by atoms with Crippen LogP contribution in [-0.2, 0) is 11.3 Å². The van der Waals surface area contributed by atoms with Crippen molar-refractivity contribution < 1.29 is 14.3 Å². The third-order valence-electron chi connectivity index (χ3n) is 2.56. The second-order valence-corrected chi connectivity index (χ2v) is 3.77. The van der Waals surface area contributed by atoms with Gasteiger partial charge in [0.05, 0.1) is 32.5 Å². The van der Waals surface area contributed by atoms with E-state index in [1.807, 2.05) is 24.3 Å². The van der Waals surface area contributed by atoms with Crippen molar-refractivity contribution in [3.63, 3.8) is 0 Å². The van der Waals surface area contributed by atoms with E-state index in [9.17, 15) is 4.79 Å². The van der Waals surface area contributed by atoms with E-state index in [1.165, 1.54) is 13.3 Å². The molecule has 0 spiro atoms. The molecule has 1 aromatic heterocycles. The zero-order valence-corrected chi connectivity index (χ0v) is 10.3. The van der Waals surface area contributed by atoms with E-state index in [0.717, 1.165) is 11.3 Å². The van der Waals surface area contributed by atoms with Gasteiger partial charge in [-0.15, -0.1) is 0 Å². The van der Waals surface area contributed by atoms with Crippen molar-refractivity contribution in [1.29, 1.82) is 0 Å². The highest BCUT2D eigenvalue weighted by Gasteiger charge is 2.08. The minimum Gasteiger partial charge on any atom is -0.497 e. The number of rotatable bonds is 4. The van der Waals surface area contributed by atoms with E-state index in [0.29, 0.717) is 12.1 Å². The number of aromatic nitrogens is 2. The van der Waals surface area contributed by atoms with Crippen molar-refractivity contribution >= 4 is 5.97 Å². The molecule has 5 nitrogen and oxygen atoms in total. The molecule has 1 heterocycles. The highest BCUT2D eigenvalue weighted by atomic mass is 16.5. The van der Waals surface area contributed by atoms with Crippen molar-refractivity contribution in [1.82, 2.24) is 9.78 Å². The summed E-state index contributed by atoms with van der Waals surface area (Å²) in [6.07, 6.45) is 3.16. The first-order chi connectivity index (χ1) is 8.72. The lowest BCUT2D eigenvalue weighted by atomic mass is 10.2. The number of hydrogen-bond acceptors (Lipinski definition) is 4. The summed E-state index contributed by atoms with van der Waals surface area (Å²) >= 11 is 0. The Balaban J connectivity index is 2.08. The van der Waals surface area contributed by atoms with Gasteiger partial charge in [-0.25, -0.2) is 4.79 Å². The summed E-state index contributed by atoms with van der Waals surface area (Å²) in [4.78, 5) is 11.3. The predicted octanol–water partition coefficient (Wildman–Crippen LogP) is 1.73. The van der Waals surface area contributed by atoms with E-state index >= 15 is 0 Å². The predicted molar refractivity (Wildman–Crippen MR) is 65.7 cm³/mol. The molecule has 5 heteroatoms. The Morgan fingerprint density at radius 2 is 2.00 bits per heavy atom. The average molecular weight is 246 g/mol. The lowest BCUT2D eigenvalue weighted by Gasteiger charge is -2.03. The number of esters is 1. The highest BCUT2D eigenvalue weighted by molar-refractivity contribution is 5.88. The number of ether oxygens (including phenoxy) is 2. The van der Waals surface area contributed by atoms with Crippen LogP contribution >= 0.6 is 0 Å². The van der Waals surface area contributed by atoms with Gasteiger partial charge in [-0.2, -0.15) is 5.10 Å². The summed E-state index contributed by atoms with van der Waals surface area (Å²) in [5.41, 5.74) is 1.53. The van der Waals surface area contributed by atoms with Crippen molar-refractivity contribution in [2.45, 2.75) is 6.54 Å². The fourth-order valence-electron chi connectivity index (χ4n) is 1.59. The summed E-state index contributed by atoms with van der Waals surface area (Å²) in [5.74, 6) is 0.436. The first-order valence-electron chi connectivity index (χ1n) is 5.46. The van der Waals surface area contributed by atoms with Crippen LogP contribution in [0, 0.1) is 0 Å². The second kappa shape index (κ2) is 5.35. The first kappa shape index (κ1) is 12.2. The Kier molecular flexibility index (Phi) is 3.62. The van der Waals surface area contributed by atoms with Gasteiger partial charge in [-0.1, -0.05) is 12.1 Å². The molecule has 0 fully saturated rings. The minimum atomic E-state index is -0.379. The fraction of sp³-hybridized carbons (Fsp3) is 0.231. The summed E-state index contributed by atoms with van der Waals surface area (Å²) in [7, 11) is 2.98. The lowest BCUT2D eigenvalue weighted by Crippen LogP contribution is -2.01. The largest absolute Gasteiger partial charge is 0.497 e. The van der Waals surface area contributed by atoms with Gasteiger partial charge in [0.2, 0.25) is 0 Å². The third-order valence-corrected chi connectivity index (χ3v) is 2.56. The van der Waals surface area contributed by atoms with E-state index in [1.54, 1.807) is 18.0 Å². The molecule has 2 rings (SSSR count). The van der Waals surface area contributed by atoms with Crippen molar-refractivity contribution in [3.05, 3.63) is 47.8 Å². The SMILES string of the molecule is COC(=O)c1cnn(Cc2ccc(OC)cc2)c1. The molecule has 0 aliphatic heterocycles. The number of hydrogen-bond donors (Lipinski definition) is 0. The van der Waals surface area contributed by atoms with E-state index < -0.39 is 0 Å². The summed E-state index contributed by atoms with van der Waals surface area (Å²) in [5, 5.41) is 4.11. The van der Waals surface area contributed by atoms with Gasteiger partial charge in [0.15, 0.2) is 0 Å². The summed E-state index contributed by atoms with van der Waals surface area (Å²) < 4.78 is 11.4. The van der Waals surface area contributed by atoms with Crippen molar-refractivity contribution in [2.24, 2.45) is 0 Å². The molecule has 0 unspecified atom stereocenters. The van der Waals surface area contributed by atoms with Crippen LogP contribution in [0.2, 0.25) is 0 Å². The van der Waals surface area contributed by atoms with Gasteiger partial charge in [-0.3, -0.25) is 4.68 Å². The monoisotopic (exact) mass is 246 g/mol. The molecule has 0 atom stereocenters. The van der Waals surface area contributed by atoms with Crippen LogP contribution < -0.4 is 4.74 Å². The second-order valence-electron chi connectivity index (χ2n) is 3.77. The van der Waals surface area contributed by atoms with Crippen LogP contribution in [0.1, 0.15) is 15.9 Å². The summed E-state index contributed by atoms with van der Waals surface area (Å²) in [6.45, 7) is 0.598. The third kappa shape index (κ3) is 2.68. The normalized spacial score (nSPS) is 10.1. The molecular weight excluding hydrogens is 232 g/mol. The van der Waals surface area contributed by atoms with Gasteiger partial charge in [0.25, 0.3) is 0 Å². The number of benzene rings is 1. The van der Waals surface area contributed by atoms with Crippen molar-refractivity contribution in [2.75, 3.05) is 14.2 Å². The van der Waals surface area contributed by atoms with E-state index in [2.05, 4.69) is 9.84 Å². The molecule has 0 aliphatic carbocycles. The molecule has 94 valence electrons. The Morgan fingerprint density at radius 1 is 1.28 bits per heavy atom. The molecule has 0 aliphatic rings. The van der Waals surface area contributed by atoms with Crippen LogP contribution in [0.3, 0.4) is 0 Å². The molecular formula is C13H14N2O3. The van der Waals surface area contributed by atoms with Crippen LogP contribution in [0.4, 0.5) is 0 Å².